The summed E-state index contributed by atoms with van der Waals surface area (Å²) in [6.45, 7) is 5.44. The van der Waals surface area contributed by atoms with Gasteiger partial charge in [0, 0.05) is 7.05 Å². The van der Waals surface area contributed by atoms with Gasteiger partial charge >= 0.3 is 12.1 Å². The van der Waals surface area contributed by atoms with Crippen LogP contribution >= 0.6 is 0 Å². The third kappa shape index (κ3) is 4.10. The van der Waals surface area contributed by atoms with Gasteiger partial charge in [-0.3, -0.25) is 14.8 Å². The van der Waals surface area contributed by atoms with Crippen LogP contribution < -0.4 is 10.1 Å². The molecule has 2 unspecified atom stereocenters. The number of nitrogens with one attached hydrogen (secondary N) is 1. The van der Waals surface area contributed by atoms with Crippen molar-refractivity contribution in [3.8, 4) is 5.75 Å². The van der Waals surface area contributed by atoms with Gasteiger partial charge in [-0.2, -0.15) is 0 Å². The molecule has 27 heavy (non-hydrogen) atoms. The molecule has 3 rings (SSSR count). The van der Waals surface area contributed by atoms with Crippen molar-refractivity contribution >= 4 is 24.5 Å². The topological polar surface area (TPSA) is 110 Å². The van der Waals surface area contributed by atoms with Crippen LogP contribution in [0.5, 0.6) is 5.75 Å². The Bertz CT molecular complexity index is 762. The molecule has 2 saturated carbocycles. The summed E-state index contributed by atoms with van der Waals surface area (Å²) < 4.78 is 11.0. The average Bonchev–Trinajstić information content (AvgIpc) is 3.18. The number of pyridine rings is 1. The molecule has 2 fully saturated rings. The molecule has 0 aromatic carbocycles. The van der Waals surface area contributed by atoms with Crippen LogP contribution in [0.15, 0.2) is 28.9 Å². The standard InChI is InChI=1S/C19H23N3O5/c1-10(9-26-19(25)21-3)17(20-2)15-5-4-11(8-22-15)27-12-6-13-14(7-12)16(13)18(23)24/h4-5,8,12-14,16H,2,6-7,9H2,1,3H3,(H,21,25)(H,23,24)/b17-10+. The summed E-state index contributed by atoms with van der Waals surface area (Å²) in [7, 11) is 1.49. The van der Waals surface area contributed by atoms with E-state index in [-0.39, 0.29) is 30.5 Å². The fraction of sp³-hybridized carbons (Fsp3) is 0.474. The maximum Gasteiger partial charge on any atom is 0.407 e. The van der Waals surface area contributed by atoms with E-state index in [0.29, 0.717) is 17.1 Å². The number of aliphatic imine (C=N–C) groups is 1. The molecule has 0 spiro atoms. The van der Waals surface area contributed by atoms with Crippen LogP contribution in [-0.2, 0) is 9.53 Å². The van der Waals surface area contributed by atoms with E-state index in [4.69, 9.17) is 14.6 Å². The number of hydrogen-bond donors (Lipinski definition) is 2. The number of carboxylic acid groups (broad SMARTS) is 1. The molecule has 0 aliphatic heterocycles. The monoisotopic (exact) mass is 373 g/mol. The van der Waals surface area contributed by atoms with E-state index >= 15 is 0 Å². The number of hydrogen-bond acceptors (Lipinski definition) is 6. The van der Waals surface area contributed by atoms with E-state index in [1.54, 1.807) is 25.3 Å². The molecule has 0 radical (unpaired) electrons. The molecular formula is C19H23N3O5. The van der Waals surface area contributed by atoms with Crippen molar-refractivity contribution in [1.82, 2.24) is 10.3 Å². The molecule has 0 saturated heterocycles. The minimum atomic E-state index is -0.693. The van der Waals surface area contributed by atoms with Gasteiger partial charge in [-0.15, -0.1) is 0 Å². The zero-order valence-corrected chi connectivity index (χ0v) is 15.3. The van der Waals surface area contributed by atoms with E-state index < -0.39 is 12.1 Å². The predicted octanol–water partition coefficient (Wildman–Crippen LogP) is 2.36. The third-order valence-corrected chi connectivity index (χ3v) is 5.15. The summed E-state index contributed by atoms with van der Waals surface area (Å²) in [4.78, 5) is 30.6. The van der Waals surface area contributed by atoms with E-state index in [1.807, 2.05) is 0 Å². The third-order valence-electron chi connectivity index (χ3n) is 5.15. The van der Waals surface area contributed by atoms with E-state index in [1.165, 1.54) is 7.05 Å². The van der Waals surface area contributed by atoms with Crippen LogP contribution in [0, 0.1) is 17.8 Å². The van der Waals surface area contributed by atoms with Crippen molar-refractivity contribution in [3.63, 3.8) is 0 Å². The van der Waals surface area contributed by atoms with Gasteiger partial charge in [-0.25, -0.2) is 4.79 Å². The van der Waals surface area contributed by atoms with Crippen molar-refractivity contribution in [2.24, 2.45) is 22.7 Å². The van der Waals surface area contributed by atoms with Gasteiger partial charge in [-0.05, 0) is 56.0 Å². The first-order valence-electron chi connectivity index (χ1n) is 8.81. The molecule has 1 aromatic heterocycles. The Morgan fingerprint density at radius 3 is 2.59 bits per heavy atom. The van der Waals surface area contributed by atoms with Crippen LogP contribution in [0.1, 0.15) is 25.5 Å². The lowest BCUT2D eigenvalue weighted by Gasteiger charge is -2.16. The van der Waals surface area contributed by atoms with Crippen molar-refractivity contribution < 1.29 is 24.2 Å². The van der Waals surface area contributed by atoms with Crippen molar-refractivity contribution in [3.05, 3.63) is 29.6 Å². The number of aliphatic carboxylic acids is 1. The van der Waals surface area contributed by atoms with E-state index in [2.05, 4.69) is 22.0 Å². The highest BCUT2D eigenvalue weighted by atomic mass is 16.5. The summed E-state index contributed by atoms with van der Waals surface area (Å²) in [5, 5.41) is 11.4. The molecule has 1 heterocycles. The van der Waals surface area contributed by atoms with E-state index in [9.17, 15) is 9.59 Å². The Labute approximate surface area is 157 Å². The van der Waals surface area contributed by atoms with Crippen LogP contribution in [0.25, 0.3) is 5.70 Å². The molecule has 2 N–H and O–H groups in total. The Balaban J connectivity index is 1.59. The van der Waals surface area contributed by atoms with Crippen LogP contribution in [0.2, 0.25) is 0 Å². The quantitative estimate of drug-likeness (QED) is 0.710. The predicted molar refractivity (Wildman–Crippen MR) is 98.5 cm³/mol. The highest BCUT2D eigenvalue weighted by Gasteiger charge is 2.60. The first-order valence-corrected chi connectivity index (χ1v) is 8.81. The second-order valence-corrected chi connectivity index (χ2v) is 6.90. The number of amides is 1. The molecule has 1 aromatic rings. The Kier molecular flexibility index (Phi) is 5.43. The molecule has 8 heteroatoms. The maximum atomic E-state index is 11.2. The SMILES string of the molecule is C=N/C(=C(\C)COC(=O)NC)c1ccc(OC2CC3C(C2)C3C(=O)O)cn1. The number of aromatic nitrogens is 1. The van der Waals surface area contributed by atoms with Gasteiger partial charge in [-0.1, -0.05) is 0 Å². The van der Waals surface area contributed by atoms with Crippen molar-refractivity contribution in [2.45, 2.75) is 25.9 Å². The minimum Gasteiger partial charge on any atom is -0.489 e. The lowest BCUT2D eigenvalue weighted by atomic mass is 10.1. The second-order valence-electron chi connectivity index (χ2n) is 6.90. The summed E-state index contributed by atoms with van der Waals surface area (Å²) in [5.41, 5.74) is 1.89. The number of carboxylic acids is 1. The van der Waals surface area contributed by atoms with Gasteiger partial charge in [0.2, 0.25) is 0 Å². The van der Waals surface area contributed by atoms with Gasteiger partial charge in [0.25, 0.3) is 0 Å². The Hall–Kier alpha value is -2.90. The van der Waals surface area contributed by atoms with Gasteiger partial charge in [0.1, 0.15) is 12.4 Å². The largest absolute Gasteiger partial charge is 0.489 e. The zero-order valence-electron chi connectivity index (χ0n) is 15.3. The van der Waals surface area contributed by atoms with Crippen molar-refractivity contribution in [2.75, 3.05) is 13.7 Å². The number of nitrogens with zero attached hydrogens (tertiary/aromatic N) is 2. The number of carbonyl (C=O) groups excluding carboxylic acids is 1. The van der Waals surface area contributed by atoms with E-state index in [0.717, 1.165) is 18.4 Å². The van der Waals surface area contributed by atoms with Crippen LogP contribution in [0.4, 0.5) is 4.79 Å². The molecule has 2 aliphatic rings. The lowest BCUT2D eigenvalue weighted by Crippen LogP contribution is -2.20. The number of rotatable bonds is 7. The number of fused-ring (bicyclic) bond motifs is 1. The lowest BCUT2D eigenvalue weighted by molar-refractivity contribution is -0.139. The first-order chi connectivity index (χ1) is 12.9. The minimum absolute atomic E-state index is 0.0403. The number of alkyl carbamates (subject to hydrolysis) is 1. The number of ether oxygens (including phenoxy) is 2. The molecule has 1 amide bonds. The van der Waals surface area contributed by atoms with Gasteiger partial charge in [0.15, 0.2) is 0 Å². The molecule has 8 nitrogen and oxygen atoms in total. The summed E-state index contributed by atoms with van der Waals surface area (Å²) in [5.74, 6) is 0.266. The van der Waals surface area contributed by atoms with Crippen LogP contribution in [-0.4, -0.2) is 48.6 Å². The fourth-order valence-electron chi connectivity index (χ4n) is 3.79. The Morgan fingerprint density at radius 1 is 1.37 bits per heavy atom. The molecule has 2 aliphatic carbocycles. The average molecular weight is 373 g/mol. The van der Waals surface area contributed by atoms with Crippen molar-refractivity contribution in [1.29, 1.82) is 0 Å². The highest BCUT2D eigenvalue weighted by Crippen LogP contribution is 2.58. The maximum absolute atomic E-state index is 11.2. The number of carbonyl (C=O) groups is 2. The molecule has 144 valence electrons. The van der Waals surface area contributed by atoms with Gasteiger partial charge < -0.3 is 19.9 Å². The zero-order chi connectivity index (χ0) is 19.6. The normalized spacial score (nSPS) is 26.4. The second kappa shape index (κ2) is 7.77. The van der Waals surface area contributed by atoms with Gasteiger partial charge in [0.05, 0.1) is 29.6 Å². The Morgan fingerprint density at radius 2 is 2.07 bits per heavy atom. The van der Waals surface area contributed by atoms with Crippen LogP contribution in [0.3, 0.4) is 0 Å². The first kappa shape index (κ1) is 18.9. The molecule has 2 atom stereocenters. The highest BCUT2D eigenvalue weighted by molar-refractivity contribution is 5.74. The summed E-state index contributed by atoms with van der Waals surface area (Å²) in [6.07, 6.45) is 2.69. The summed E-state index contributed by atoms with van der Waals surface area (Å²) >= 11 is 0. The molecular weight excluding hydrogens is 350 g/mol. The summed E-state index contributed by atoms with van der Waals surface area (Å²) in [6, 6.07) is 3.58. The smallest absolute Gasteiger partial charge is 0.407 e. The fourth-order valence-corrected chi connectivity index (χ4v) is 3.79. The molecule has 0 bridgehead atoms.